The van der Waals surface area contributed by atoms with Gasteiger partial charge in [-0.25, -0.2) is 4.98 Å². The summed E-state index contributed by atoms with van der Waals surface area (Å²) < 4.78 is 12.4. The van der Waals surface area contributed by atoms with Crippen molar-refractivity contribution in [2.45, 2.75) is 98.3 Å². The lowest BCUT2D eigenvalue weighted by Crippen LogP contribution is -2.44. The van der Waals surface area contributed by atoms with Crippen molar-refractivity contribution in [3.8, 4) is 0 Å². The molecule has 164 valence electrons. The van der Waals surface area contributed by atoms with Gasteiger partial charge in [-0.15, -0.1) is 0 Å². The number of ketones is 2. The van der Waals surface area contributed by atoms with Gasteiger partial charge in [0.25, 0.3) is 0 Å². The van der Waals surface area contributed by atoms with Gasteiger partial charge in [0.1, 0.15) is 24.9 Å². The molecule has 5 nitrogen and oxygen atoms in total. The van der Waals surface area contributed by atoms with Gasteiger partial charge in [-0.1, -0.05) is 52.1 Å². The number of aromatic nitrogens is 1. The molecule has 0 spiro atoms. The Morgan fingerprint density at radius 1 is 1.10 bits per heavy atom. The molecule has 0 aliphatic heterocycles. The summed E-state index contributed by atoms with van der Waals surface area (Å²) in [5.41, 5.74) is 1.50. The van der Waals surface area contributed by atoms with Gasteiger partial charge < -0.3 is 8.84 Å². The molecule has 1 aromatic heterocycles. The van der Waals surface area contributed by atoms with Crippen LogP contribution in [0.5, 0.6) is 0 Å². The Balaban J connectivity index is 3.03. The molecule has 0 aliphatic carbocycles. The van der Waals surface area contributed by atoms with E-state index in [1.165, 1.54) is 6.92 Å². The molecule has 1 heterocycles. The molecule has 1 aromatic rings. The van der Waals surface area contributed by atoms with Crippen molar-refractivity contribution in [3.05, 3.63) is 23.2 Å². The van der Waals surface area contributed by atoms with Crippen LogP contribution in [0.15, 0.2) is 16.1 Å². The molecule has 0 aromatic carbocycles. The van der Waals surface area contributed by atoms with Crippen molar-refractivity contribution < 1.29 is 18.4 Å². The highest BCUT2D eigenvalue weighted by Crippen LogP contribution is 2.38. The molecule has 0 bridgehead atoms. The molecular weight excluding hydrogens is 398 g/mol. The molecule has 0 saturated heterocycles. The number of allylic oxidation sites excluding steroid dienone is 1. The first kappa shape index (κ1) is 25.7. The fourth-order valence-electron chi connectivity index (χ4n) is 2.71. The molecule has 1 atom stereocenters. The first-order valence-corrected chi connectivity index (χ1v) is 16.7. The van der Waals surface area contributed by atoms with Gasteiger partial charge in [0, 0.05) is 13.3 Å². The first-order valence-electron chi connectivity index (χ1n) is 10.3. The highest BCUT2D eigenvalue weighted by atomic mass is 28.4. The van der Waals surface area contributed by atoms with Gasteiger partial charge in [0.05, 0.1) is 12.5 Å². The Labute approximate surface area is 178 Å². The summed E-state index contributed by atoms with van der Waals surface area (Å²) in [5, 5.41) is 0.737. The fourth-order valence-corrected chi connectivity index (χ4v) is 5.34. The lowest BCUT2D eigenvalue weighted by Gasteiger charge is -2.38. The molecule has 0 saturated carbocycles. The largest absolute Gasteiger partial charge is 0.450 e. The van der Waals surface area contributed by atoms with Crippen LogP contribution in [-0.2, 0) is 15.6 Å². The zero-order valence-electron chi connectivity index (χ0n) is 20.1. The first-order chi connectivity index (χ1) is 12.9. The average Bonchev–Trinajstić information content (AvgIpc) is 2.88. The minimum absolute atomic E-state index is 0.00434. The van der Waals surface area contributed by atoms with E-state index in [4.69, 9.17) is 8.84 Å². The predicted molar refractivity (Wildman–Crippen MR) is 124 cm³/mol. The topological polar surface area (TPSA) is 69.4 Å². The van der Waals surface area contributed by atoms with Crippen LogP contribution in [0.1, 0.15) is 64.3 Å². The second kappa shape index (κ2) is 9.22. The quantitative estimate of drug-likeness (QED) is 0.298. The summed E-state index contributed by atoms with van der Waals surface area (Å²) in [5.74, 6) is 0.221. The minimum atomic E-state index is -2.01. The van der Waals surface area contributed by atoms with Crippen molar-refractivity contribution in [2.24, 2.45) is 0 Å². The number of nitrogens with zero attached hydrogens (tertiary/aromatic N) is 1. The van der Waals surface area contributed by atoms with Crippen molar-refractivity contribution >= 4 is 33.3 Å². The summed E-state index contributed by atoms with van der Waals surface area (Å²) in [6, 6.07) is 0. The molecule has 7 heteroatoms. The summed E-state index contributed by atoms with van der Waals surface area (Å²) in [7, 11) is -3.88. The van der Waals surface area contributed by atoms with Crippen LogP contribution < -0.4 is 5.38 Å². The monoisotopic (exact) mass is 437 g/mol. The Hall–Kier alpha value is -1.32. The second-order valence-corrected chi connectivity index (χ2v) is 20.4. The van der Waals surface area contributed by atoms with Crippen molar-refractivity contribution in [2.75, 3.05) is 0 Å². The fraction of sp³-hybridized carbons (Fsp3) is 0.682. The van der Waals surface area contributed by atoms with E-state index in [0.717, 1.165) is 5.57 Å². The predicted octanol–water partition coefficient (Wildman–Crippen LogP) is 5.28. The number of oxazole rings is 1. The number of carbonyl (C=O) groups excluding carboxylic acids is 2. The highest BCUT2D eigenvalue weighted by Gasteiger charge is 2.39. The molecular formula is C22H39NO4Si2. The SMILES string of the molecule is CC(=O)c1nc(CC(=O)C[C@@H](C=C(C)C)O[Si](C)(C)C(C)(C)C)oc1[Si](C)(C)C. The molecule has 1 rings (SSSR count). The molecule has 0 unspecified atom stereocenters. The van der Waals surface area contributed by atoms with E-state index < -0.39 is 16.4 Å². The number of hydrogen-bond acceptors (Lipinski definition) is 5. The van der Waals surface area contributed by atoms with Gasteiger partial charge in [-0.3, -0.25) is 9.59 Å². The lowest BCUT2D eigenvalue weighted by atomic mass is 10.1. The zero-order valence-corrected chi connectivity index (χ0v) is 22.1. The van der Waals surface area contributed by atoms with Gasteiger partial charge >= 0.3 is 0 Å². The maximum atomic E-state index is 12.8. The molecule has 0 aliphatic rings. The number of carbonyl (C=O) groups is 2. The van der Waals surface area contributed by atoms with Crippen LogP contribution in [0.4, 0.5) is 0 Å². The van der Waals surface area contributed by atoms with E-state index in [1.54, 1.807) is 0 Å². The molecule has 0 fully saturated rings. The Morgan fingerprint density at radius 3 is 2.03 bits per heavy atom. The molecule has 0 radical (unpaired) electrons. The van der Waals surface area contributed by atoms with E-state index in [2.05, 4.69) is 58.5 Å². The number of hydrogen-bond donors (Lipinski definition) is 0. The lowest BCUT2D eigenvalue weighted by molar-refractivity contribution is -0.119. The van der Waals surface area contributed by atoms with Crippen molar-refractivity contribution in [3.63, 3.8) is 0 Å². The third kappa shape index (κ3) is 7.46. The summed E-state index contributed by atoms with van der Waals surface area (Å²) in [6.07, 6.45) is 2.13. The summed E-state index contributed by atoms with van der Waals surface area (Å²) in [6.45, 7) is 22.8. The van der Waals surface area contributed by atoms with E-state index in [1.807, 2.05) is 19.9 Å². The van der Waals surface area contributed by atoms with E-state index in [-0.39, 0.29) is 35.6 Å². The normalized spacial score (nSPS) is 13.9. The number of Topliss-reactive ketones (excluding diaryl/α,β-unsaturated/α-hetero) is 2. The van der Waals surface area contributed by atoms with Crippen LogP contribution in [0.2, 0.25) is 37.8 Å². The van der Waals surface area contributed by atoms with E-state index in [9.17, 15) is 9.59 Å². The molecule has 0 amide bonds. The Morgan fingerprint density at radius 2 is 1.66 bits per heavy atom. The van der Waals surface area contributed by atoms with E-state index in [0.29, 0.717) is 17.0 Å². The van der Waals surface area contributed by atoms with Gasteiger partial charge in [-0.05, 0) is 32.0 Å². The van der Waals surface area contributed by atoms with Crippen LogP contribution >= 0.6 is 0 Å². The van der Waals surface area contributed by atoms with Crippen LogP contribution in [0, 0.1) is 0 Å². The minimum Gasteiger partial charge on any atom is -0.450 e. The maximum Gasteiger partial charge on any atom is 0.201 e. The molecule has 0 N–H and O–H groups in total. The average molecular weight is 438 g/mol. The van der Waals surface area contributed by atoms with Crippen LogP contribution in [-0.4, -0.2) is 39.0 Å². The van der Waals surface area contributed by atoms with Gasteiger partial charge in [0.2, 0.25) is 5.89 Å². The highest BCUT2D eigenvalue weighted by molar-refractivity contribution is 6.88. The van der Waals surface area contributed by atoms with E-state index >= 15 is 0 Å². The Kier molecular flexibility index (Phi) is 8.18. The summed E-state index contributed by atoms with van der Waals surface area (Å²) in [4.78, 5) is 29.1. The van der Waals surface area contributed by atoms with Crippen molar-refractivity contribution in [1.82, 2.24) is 4.98 Å². The van der Waals surface area contributed by atoms with Crippen LogP contribution in [0.25, 0.3) is 0 Å². The third-order valence-corrected chi connectivity index (χ3v) is 11.4. The molecule has 29 heavy (non-hydrogen) atoms. The standard InChI is InChI=1S/C22H39NO4Si2/c1-15(2)12-18(27-29(10,11)22(4,5)6)13-17(25)14-19-23-20(16(3)24)21(26-19)28(7,8)9/h12,18H,13-14H2,1-11H3/t18-/m1/s1. The van der Waals surface area contributed by atoms with Crippen LogP contribution in [0.3, 0.4) is 0 Å². The third-order valence-electron chi connectivity index (χ3n) is 5.23. The second-order valence-electron chi connectivity index (χ2n) is 10.7. The number of rotatable bonds is 9. The van der Waals surface area contributed by atoms with Crippen molar-refractivity contribution in [1.29, 1.82) is 0 Å². The van der Waals surface area contributed by atoms with Gasteiger partial charge in [-0.2, -0.15) is 0 Å². The smallest absolute Gasteiger partial charge is 0.201 e. The zero-order chi connectivity index (χ0) is 22.8. The summed E-state index contributed by atoms with van der Waals surface area (Å²) >= 11 is 0. The maximum absolute atomic E-state index is 12.8. The van der Waals surface area contributed by atoms with Gasteiger partial charge in [0.15, 0.2) is 14.1 Å². The Bertz CT molecular complexity index is 776.